The Morgan fingerprint density at radius 3 is 2.33 bits per heavy atom. The Morgan fingerprint density at radius 1 is 0.944 bits per heavy atom. The van der Waals surface area contributed by atoms with Crippen molar-refractivity contribution in [1.82, 2.24) is 10.2 Å². The van der Waals surface area contributed by atoms with Gasteiger partial charge in [0.25, 0.3) is 0 Å². The Labute approximate surface area is 223 Å². The number of methoxy groups -OCH3 is 1. The van der Waals surface area contributed by atoms with Crippen LogP contribution in [0.15, 0.2) is 72.8 Å². The van der Waals surface area contributed by atoms with Gasteiger partial charge in [0.1, 0.15) is 11.8 Å². The Hall–Kier alpha value is -3.02. The fourth-order valence-corrected chi connectivity index (χ4v) is 4.35. The van der Waals surface area contributed by atoms with E-state index in [0.717, 1.165) is 11.1 Å². The SMILES string of the molecule is COc1cccc(CN(C(=O)Cc2ccc(Cl)cc2Cl)C(Cc2ccccc2)C(=O)NCC(C)C)c1. The number of amides is 2. The smallest absolute Gasteiger partial charge is 0.243 e. The molecule has 0 bridgehead atoms. The molecule has 0 aromatic heterocycles. The summed E-state index contributed by atoms with van der Waals surface area (Å²) in [5, 5.41) is 3.94. The highest BCUT2D eigenvalue weighted by molar-refractivity contribution is 6.35. The van der Waals surface area contributed by atoms with Crippen LogP contribution < -0.4 is 10.1 Å². The summed E-state index contributed by atoms with van der Waals surface area (Å²) in [6.07, 6.45) is 0.428. The van der Waals surface area contributed by atoms with Gasteiger partial charge in [0.05, 0.1) is 13.5 Å². The van der Waals surface area contributed by atoms with Crippen molar-refractivity contribution in [3.05, 3.63) is 99.5 Å². The normalized spacial score (nSPS) is 11.7. The second kappa shape index (κ2) is 13.3. The molecule has 0 saturated carbocycles. The quantitative estimate of drug-likeness (QED) is 0.335. The molecule has 1 atom stereocenters. The van der Waals surface area contributed by atoms with E-state index in [1.165, 1.54) is 0 Å². The van der Waals surface area contributed by atoms with Crippen LogP contribution in [0.4, 0.5) is 0 Å². The molecule has 2 amide bonds. The fraction of sp³-hybridized carbons (Fsp3) is 0.310. The number of benzene rings is 3. The van der Waals surface area contributed by atoms with Gasteiger partial charge < -0.3 is 15.0 Å². The Morgan fingerprint density at radius 2 is 1.67 bits per heavy atom. The average molecular weight is 527 g/mol. The highest BCUT2D eigenvalue weighted by Crippen LogP contribution is 2.24. The van der Waals surface area contributed by atoms with Gasteiger partial charge >= 0.3 is 0 Å². The number of carbonyl (C=O) groups is 2. The van der Waals surface area contributed by atoms with Crippen molar-refractivity contribution in [2.75, 3.05) is 13.7 Å². The summed E-state index contributed by atoms with van der Waals surface area (Å²) in [6.45, 7) is 4.84. The third kappa shape index (κ3) is 8.00. The maximum Gasteiger partial charge on any atom is 0.243 e. The number of nitrogens with zero attached hydrogens (tertiary/aromatic N) is 1. The first-order chi connectivity index (χ1) is 17.3. The van der Waals surface area contributed by atoms with Crippen LogP contribution in [0.5, 0.6) is 5.75 Å². The van der Waals surface area contributed by atoms with Crippen LogP contribution >= 0.6 is 23.2 Å². The fourth-order valence-electron chi connectivity index (χ4n) is 3.87. The van der Waals surface area contributed by atoms with Crippen molar-refractivity contribution in [3.63, 3.8) is 0 Å². The average Bonchev–Trinajstić information content (AvgIpc) is 2.87. The van der Waals surface area contributed by atoms with Gasteiger partial charge in [-0.05, 0) is 46.9 Å². The molecule has 7 heteroatoms. The number of halogens is 2. The third-order valence-electron chi connectivity index (χ3n) is 5.80. The number of hydrogen-bond donors (Lipinski definition) is 1. The van der Waals surface area contributed by atoms with Gasteiger partial charge in [-0.3, -0.25) is 9.59 Å². The first-order valence-electron chi connectivity index (χ1n) is 11.9. The number of ether oxygens (including phenoxy) is 1. The van der Waals surface area contributed by atoms with Crippen LogP contribution in [0.3, 0.4) is 0 Å². The molecular weight excluding hydrogens is 495 g/mol. The molecule has 1 unspecified atom stereocenters. The largest absolute Gasteiger partial charge is 0.497 e. The number of nitrogens with one attached hydrogen (secondary N) is 1. The molecular formula is C29H32Cl2N2O3. The summed E-state index contributed by atoms with van der Waals surface area (Å²) < 4.78 is 5.38. The standard InChI is InChI=1S/C29H32Cl2N2O3/c1-20(2)18-32-29(35)27(15-21-8-5-4-6-9-21)33(19-22-10-7-11-25(14-22)36-3)28(34)16-23-12-13-24(30)17-26(23)31/h4-14,17,20,27H,15-16,18-19H2,1-3H3,(H,32,35). The summed E-state index contributed by atoms with van der Waals surface area (Å²) in [4.78, 5) is 28.9. The number of hydrogen-bond acceptors (Lipinski definition) is 3. The van der Waals surface area contributed by atoms with E-state index in [2.05, 4.69) is 5.32 Å². The van der Waals surface area contributed by atoms with Crippen molar-refractivity contribution >= 4 is 35.0 Å². The lowest BCUT2D eigenvalue weighted by molar-refractivity contribution is -0.140. The van der Waals surface area contributed by atoms with E-state index >= 15 is 0 Å². The maximum atomic E-state index is 13.8. The van der Waals surface area contributed by atoms with Crippen LogP contribution in [0.1, 0.15) is 30.5 Å². The minimum Gasteiger partial charge on any atom is -0.497 e. The summed E-state index contributed by atoms with van der Waals surface area (Å²) >= 11 is 12.4. The summed E-state index contributed by atoms with van der Waals surface area (Å²) in [5.74, 6) is 0.569. The molecule has 0 fully saturated rings. The van der Waals surface area contributed by atoms with Gasteiger partial charge in [0.15, 0.2) is 0 Å². The first kappa shape index (κ1) is 27.6. The molecule has 0 radical (unpaired) electrons. The Kier molecular flexibility index (Phi) is 10.2. The van der Waals surface area contributed by atoms with Crippen LogP contribution in [-0.2, 0) is 29.0 Å². The summed E-state index contributed by atoms with van der Waals surface area (Å²) in [6, 6.07) is 21.6. The van der Waals surface area contributed by atoms with Crippen LogP contribution in [0.2, 0.25) is 10.0 Å². The molecule has 0 aliphatic carbocycles. The highest BCUT2D eigenvalue weighted by atomic mass is 35.5. The van der Waals surface area contributed by atoms with Crippen molar-refractivity contribution in [1.29, 1.82) is 0 Å². The van der Waals surface area contributed by atoms with Crippen molar-refractivity contribution < 1.29 is 14.3 Å². The highest BCUT2D eigenvalue weighted by Gasteiger charge is 2.30. The van der Waals surface area contributed by atoms with Gasteiger partial charge in [0.2, 0.25) is 11.8 Å². The van der Waals surface area contributed by atoms with E-state index in [1.54, 1.807) is 30.2 Å². The lowest BCUT2D eigenvalue weighted by atomic mass is 10.0. The van der Waals surface area contributed by atoms with Crippen molar-refractivity contribution in [3.8, 4) is 5.75 Å². The van der Waals surface area contributed by atoms with Gasteiger partial charge in [0, 0.05) is 29.6 Å². The third-order valence-corrected chi connectivity index (χ3v) is 6.39. The Balaban J connectivity index is 1.99. The molecule has 0 heterocycles. The molecule has 5 nitrogen and oxygen atoms in total. The van der Waals surface area contributed by atoms with Gasteiger partial charge in [-0.25, -0.2) is 0 Å². The van der Waals surface area contributed by atoms with Gasteiger partial charge in [-0.15, -0.1) is 0 Å². The molecule has 1 N–H and O–H groups in total. The van der Waals surface area contributed by atoms with E-state index < -0.39 is 6.04 Å². The lowest BCUT2D eigenvalue weighted by Crippen LogP contribution is -2.51. The van der Waals surface area contributed by atoms with E-state index in [9.17, 15) is 9.59 Å². The topological polar surface area (TPSA) is 58.6 Å². The first-order valence-corrected chi connectivity index (χ1v) is 12.7. The maximum absolute atomic E-state index is 13.8. The van der Waals surface area contributed by atoms with E-state index in [4.69, 9.17) is 27.9 Å². The van der Waals surface area contributed by atoms with Crippen LogP contribution in [-0.4, -0.2) is 36.4 Å². The molecule has 190 valence electrons. The van der Waals surface area contributed by atoms with E-state index in [0.29, 0.717) is 34.3 Å². The van der Waals surface area contributed by atoms with E-state index in [-0.39, 0.29) is 30.7 Å². The van der Waals surface area contributed by atoms with Gasteiger partial charge in [-0.2, -0.15) is 0 Å². The molecule has 3 rings (SSSR count). The second-order valence-corrected chi connectivity index (χ2v) is 9.97. The lowest BCUT2D eigenvalue weighted by Gasteiger charge is -2.32. The minimum absolute atomic E-state index is 0.0444. The molecule has 36 heavy (non-hydrogen) atoms. The van der Waals surface area contributed by atoms with Crippen molar-refractivity contribution in [2.45, 2.75) is 39.3 Å². The minimum atomic E-state index is -0.712. The molecule has 3 aromatic carbocycles. The van der Waals surface area contributed by atoms with Crippen LogP contribution in [0.25, 0.3) is 0 Å². The zero-order valence-corrected chi connectivity index (χ0v) is 22.4. The molecule has 0 saturated heterocycles. The predicted octanol–water partition coefficient (Wildman–Crippen LogP) is 5.96. The monoisotopic (exact) mass is 526 g/mol. The van der Waals surface area contributed by atoms with Crippen molar-refractivity contribution in [2.24, 2.45) is 5.92 Å². The molecule has 0 aliphatic rings. The summed E-state index contributed by atoms with van der Waals surface area (Å²) in [5.41, 5.74) is 2.48. The van der Waals surface area contributed by atoms with E-state index in [1.807, 2.05) is 68.4 Å². The Bertz CT molecular complexity index is 1170. The van der Waals surface area contributed by atoms with Crippen LogP contribution in [0, 0.1) is 5.92 Å². The zero-order valence-electron chi connectivity index (χ0n) is 20.8. The molecule has 0 spiro atoms. The zero-order chi connectivity index (χ0) is 26.1. The molecule has 0 aliphatic heterocycles. The summed E-state index contributed by atoms with van der Waals surface area (Å²) in [7, 11) is 1.60. The number of rotatable bonds is 11. The van der Waals surface area contributed by atoms with Gasteiger partial charge in [-0.1, -0.05) is 85.6 Å². The predicted molar refractivity (Wildman–Crippen MR) is 145 cm³/mol. The second-order valence-electron chi connectivity index (χ2n) is 9.13. The molecule has 3 aromatic rings. The number of carbonyl (C=O) groups excluding carboxylic acids is 2.